The molecule has 2 atom stereocenters. The van der Waals surface area contributed by atoms with Crippen LogP contribution in [0.2, 0.25) is 0 Å². The van der Waals surface area contributed by atoms with Gasteiger partial charge in [-0.05, 0) is 38.5 Å². The van der Waals surface area contributed by atoms with Crippen molar-refractivity contribution in [2.75, 3.05) is 0 Å². The van der Waals surface area contributed by atoms with Crippen molar-refractivity contribution < 1.29 is 0 Å². The molecule has 3 rings (SSSR count). The van der Waals surface area contributed by atoms with Crippen LogP contribution in [0.5, 0.6) is 0 Å². The number of pyridine rings is 1. The summed E-state index contributed by atoms with van der Waals surface area (Å²) in [7, 11) is 1.95. The maximum atomic E-state index is 4.58. The smallest absolute Gasteiger partial charge is 0.0983 e. The zero-order chi connectivity index (χ0) is 17.1. The summed E-state index contributed by atoms with van der Waals surface area (Å²) in [5, 5.41) is 12.6. The van der Waals surface area contributed by atoms with Gasteiger partial charge in [0.1, 0.15) is 0 Å². The molecule has 0 aliphatic rings. The third-order valence-corrected chi connectivity index (χ3v) is 4.33. The first-order valence-electron chi connectivity index (χ1n) is 8.21. The standard InChI is InChI=1S/C18H24N6/c1-13-8-21-24(11-13)15(3)14(2)20-10-17-12-23(4)22-18(17)16-6-5-7-19-9-16/h5-9,11-12,14-15,20H,10H2,1-4H3/t14-,15+/m1/s1. The largest absolute Gasteiger partial charge is 0.308 e. The molecule has 3 aromatic heterocycles. The lowest BCUT2D eigenvalue weighted by atomic mass is 10.1. The lowest BCUT2D eigenvalue weighted by Crippen LogP contribution is -2.33. The Labute approximate surface area is 142 Å². The van der Waals surface area contributed by atoms with E-state index in [1.54, 1.807) is 6.20 Å². The topological polar surface area (TPSA) is 60.6 Å². The Kier molecular flexibility index (Phi) is 4.76. The summed E-state index contributed by atoms with van der Waals surface area (Å²) >= 11 is 0. The zero-order valence-electron chi connectivity index (χ0n) is 14.6. The second-order valence-corrected chi connectivity index (χ2v) is 6.33. The molecule has 0 amide bonds. The SMILES string of the molecule is Cc1cnn([C@@H](C)[C@@H](C)NCc2cn(C)nc2-c2cccnc2)c1. The number of aromatic nitrogens is 5. The number of nitrogens with zero attached hydrogens (tertiary/aromatic N) is 5. The van der Waals surface area contributed by atoms with Crippen molar-refractivity contribution in [1.29, 1.82) is 0 Å². The van der Waals surface area contributed by atoms with Crippen LogP contribution in [-0.4, -0.2) is 30.6 Å². The van der Waals surface area contributed by atoms with Crippen LogP contribution in [0.25, 0.3) is 11.3 Å². The van der Waals surface area contributed by atoms with Gasteiger partial charge in [-0.3, -0.25) is 14.3 Å². The van der Waals surface area contributed by atoms with E-state index in [1.807, 2.05) is 40.9 Å². The summed E-state index contributed by atoms with van der Waals surface area (Å²) in [5.74, 6) is 0. The molecule has 6 heteroatoms. The number of aryl methyl sites for hydroxylation is 2. The minimum atomic E-state index is 0.275. The molecule has 0 aliphatic carbocycles. The van der Waals surface area contributed by atoms with Gasteiger partial charge in [-0.25, -0.2) is 0 Å². The van der Waals surface area contributed by atoms with Gasteiger partial charge in [-0.15, -0.1) is 0 Å². The monoisotopic (exact) mass is 324 g/mol. The van der Waals surface area contributed by atoms with E-state index in [9.17, 15) is 0 Å². The van der Waals surface area contributed by atoms with Gasteiger partial charge in [0.25, 0.3) is 0 Å². The van der Waals surface area contributed by atoms with Gasteiger partial charge in [-0.1, -0.05) is 0 Å². The minimum absolute atomic E-state index is 0.275. The highest BCUT2D eigenvalue weighted by Crippen LogP contribution is 2.21. The number of hydrogen-bond acceptors (Lipinski definition) is 4. The van der Waals surface area contributed by atoms with E-state index in [0.717, 1.165) is 17.8 Å². The van der Waals surface area contributed by atoms with Gasteiger partial charge in [0.15, 0.2) is 0 Å². The second-order valence-electron chi connectivity index (χ2n) is 6.33. The fraction of sp³-hybridized carbons (Fsp3) is 0.389. The van der Waals surface area contributed by atoms with E-state index in [2.05, 4.69) is 53.7 Å². The maximum Gasteiger partial charge on any atom is 0.0983 e. The molecular weight excluding hydrogens is 300 g/mol. The van der Waals surface area contributed by atoms with Crippen LogP contribution in [-0.2, 0) is 13.6 Å². The van der Waals surface area contributed by atoms with Crippen molar-refractivity contribution in [3.05, 3.63) is 54.2 Å². The van der Waals surface area contributed by atoms with Gasteiger partial charge >= 0.3 is 0 Å². The molecule has 0 bridgehead atoms. The van der Waals surface area contributed by atoms with E-state index < -0.39 is 0 Å². The van der Waals surface area contributed by atoms with Crippen LogP contribution in [0.4, 0.5) is 0 Å². The Morgan fingerprint density at radius 3 is 2.71 bits per heavy atom. The lowest BCUT2D eigenvalue weighted by Gasteiger charge is -2.21. The summed E-state index contributed by atoms with van der Waals surface area (Å²) < 4.78 is 3.86. The van der Waals surface area contributed by atoms with Crippen LogP contribution < -0.4 is 5.32 Å². The van der Waals surface area contributed by atoms with Crippen LogP contribution in [0.15, 0.2) is 43.1 Å². The highest BCUT2D eigenvalue weighted by molar-refractivity contribution is 5.61. The van der Waals surface area contributed by atoms with Crippen molar-refractivity contribution in [3.8, 4) is 11.3 Å². The normalized spacial score (nSPS) is 13.8. The predicted molar refractivity (Wildman–Crippen MR) is 94.4 cm³/mol. The third-order valence-electron chi connectivity index (χ3n) is 4.33. The van der Waals surface area contributed by atoms with E-state index >= 15 is 0 Å². The van der Waals surface area contributed by atoms with Crippen molar-refractivity contribution in [3.63, 3.8) is 0 Å². The molecule has 0 aromatic carbocycles. The first-order chi connectivity index (χ1) is 11.5. The Morgan fingerprint density at radius 2 is 2.04 bits per heavy atom. The van der Waals surface area contributed by atoms with E-state index in [-0.39, 0.29) is 12.1 Å². The fourth-order valence-electron chi connectivity index (χ4n) is 2.74. The quantitative estimate of drug-likeness (QED) is 0.757. The first-order valence-corrected chi connectivity index (χ1v) is 8.21. The Balaban J connectivity index is 1.71. The van der Waals surface area contributed by atoms with Crippen LogP contribution in [0, 0.1) is 6.92 Å². The molecule has 0 radical (unpaired) electrons. The Bertz CT molecular complexity index is 789. The summed E-state index contributed by atoms with van der Waals surface area (Å²) in [6.45, 7) is 7.17. The Morgan fingerprint density at radius 1 is 1.21 bits per heavy atom. The van der Waals surface area contributed by atoms with Gasteiger partial charge in [0.05, 0.1) is 17.9 Å². The summed E-state index contributed by atoms with van der Waals surface area (Å²) in [6.07, 6.45) is 9.66. The summed E-state index contributed by atoms with van der Waals surface area (Å²) in [6, 6.07) is 4.53. The molecule has 6 nitrogen and oxygen atoms in total. The molecule has 0 saturated carbocycles. The first kappa shape index (κ1) is 16.4. The van der Waals surface area contributed by atoms with Crippen molar-refractivity contribution >= 4 is 0 Å². The zero-order valence-corrected chi connectivity index (χ0v) is 14.6. The van der Waals surface area contributed by atoms with E-state index in [0.29, 0.717) is 0 Å². The summed E-state index contributed by atoms with van der Waals surface area (Å²) in [4.78, 5) is 4.20. The van der Waals surface area contributed by atoms with Gasteiger partial charge in [0.2, 0.25) is 0 Å². The molecule has 24 heavy (non-hydrogen) atoms. The number of rotatable bonds is 6. The number of nitrogens with one attached hydrogen (secondary N) is 1. The molecule has 0 unspecified atom stereocenters. The highest BCUT2D eigenvalue weighted by atomic mass is 15.3. The van der Waals surface area contributed by atoms with E-state index in [1.165, 1.54) is 11.1 Å². The van der Waals surface area contributed by atoms with Crippen molar-refractivity contribution in [2.45, 2.75) is 39.4 Å². The highest BCUT2D eigenvalue weighted by Gasteiger charge is 2.16. The molecule has 0 aliphatic heterocycles. The van der Waals surface area contributed by atoms with Crippen LogP contribution in [0.1, 0.15) is 31.0 Å². The summed E-state index contributed by atoms with van der Waals surface area (Å²) in [5.41, 5.74) is 4.37. The number of hydrogen-bond donors (Lipinski definition) is 1. The van der Waals surface area contributed by atoms with Gasteiger partial charge < -0.3 is 5.32 Å². The lowest BCUT2D eigenvalue weighted by molar-refractivity contribution is 0.365. The molecule has 0 fully saturated rings. The minimum Gasteiger partial charge on any atom is -0.308 e. The molecule has 126 valence electrons. The van der Waals surface area contributed by atoms with E-state index in [4.69, 9.17) is 0 Å². The predicted octanol–water partition coefficient (Wildman–Crippen LogP) is 2.73. The Hall–Kier alpha value is -2.47. The fourth-order valence-corrected chi connectivity index (χ4v) is 2.74. The second kappa shape index (κ2) is 6.97. The molecule has 0 saturated heterocycles. The van der Waals surface area contributed by atoms with Gasteiger partial charge in [-0.2, -0.15) is 10.2 Å². The molecule has 0 spiro atoms. The van der Waals surface area contributed by atoms with Gasteiger partial charge in [0, 0.05) is 55.5 Å². The molecular formula is C18H24N6. The molecule has 3 heterocycles. The average molecular weight is 324 g/mol. The van der Waals surface area contributed by atoms with Crippen LogP contribution in [0.3, 0.4) is 0 Å². The third kappa shape index (κ3) is 3.54. The average Bonchev–Trinajstić information content (AvgIpc) is 3.18. The van der Waals surface area contributed by atoms with Crippen LogP contribution >= 0.6 is 0 Å². The van der Waals surface area contributed by atoms with Crippen molar-refractivity contribution in [2.24, 2.45) is 7.05 Å². The molecule has 1 N–H and O–H groups in total. The molecule has 3 aromatic rings. The van der Waals surface area contributed by atoms with Crippen molar-refractivity contribution in [1.82, 2.24) is 29.9 Å². The maximum absolute atomic E-state index is 4.58.